The Morgan fingerprint density at radius 1 is 1.25 bits per heavy atom. The number of primary amides is 1. The van der Waals surface area contributed by atoms with Crippen molar-refractivity contribution < 1.29 is 26.3 Å². The van der Waals surface area contributed by atoms with Crippen molar-refractivity contribution in [2.75, 3.05) is 0 Å². The average Bonchev–Trinajstić information content (AvgIpc) is 2.25. The first-order chi connectivity index (χ1) is 7.24. The van der Waals surface area contributed by atoms with Gasteiger partial charge >= 0.3 is 0 Å². The fourth-order valence-corrected chi connectivity index (χ4v) is 1.49. The SMILES string of the molecule is CCCCCC[n+]1ccc(C(N)=O)cc1.[Br-]. The van der Waals surface area contributed by atoms with Crippen molar-refractivity contribution in [3.63, 3.8) is 0 Å². The number of rotatable bonds is 6. The summed E-state index contributed by atoms with van der Waals surface area (Å²) >= 11 is 0. The van der Waals surface area contributed by atoms with Crippen LogP contribution in [-0.4, -0.2) is 5.91 Å². The van der Waals surface area contributed by atoms with Crippen molar-refractivity contribution in [2.24, 2.45) is 5.73 Å². The maximum Gasteiger partial charge on any atom is 0.249 e. The van der Waals surface area contributed by atoms with E-state index in [0.29, 0.717) is 5.56 Å². The monoisotopic (exact) mass is 286 g/mol. The zero-order valence-corrected chi connectivity index (χ0v) is 11.2. The molecule has 0 radical (unpaired) electrons. The first-order valence-electron chi connectivity index (χ1n) is 5.53. The Morgan fingerprint density at radius 2 is 1.88 bits per heavy atom. The van der Waals surface area contributed by atoms with Crippen LogP contribution < -0.4 is 27.3 Å². The van der Waals surface area contributed by atoms with Gasteiger partial charge in [0, 0.05) is 18.6 Å². The van der Waals surface area contributed by atoms with Crippen molar-refractivity contribution in [1.82, 2.24) is 0 Å². The van der Waals surface area contributed by atoms with Crippen LogP contribution in [0, 0.1) is 0 Å². The molecule has 1 aromatic heterocycles. The Bertz CT molecular complexity index is 311. The second kappa shape index (κ2) is 8.28. The number of aromatic nitrogens is 1. The zero-order chi connectivity index (χ0) is 11.1. The lowest BCUT2D eigenvalue weighted by Crippen LogP contribution is -3.00. The number of carbonyl (C=O) groups excluding carboxylic acids is 1. The van der Waals surface area contributed by atoms with Crippen LogP contribution in [0.5, 0.6) is 0 Å². The van der Waals surface area contributed by atoms with E-state index in [2.05, 4.69) is 11.5 Å². The van der Waals surface area contributed by atoms with E-state index in [1.807, 2.05) is 12.4 Å². The molecule has 1 heterocycles. The van der Waals surface area contributed by atoms with Crippen LogP contribution in [-0.2, 0) is 6.54 Å². The quantitative estimate of drug-likeness (QED) is 0.511. The highest BCUT2D eigenvalue weighted by molar-refractivity contribution is 5.92. The van der Waals surface area contributed by atoms with Gasteiger partial charge < -0.3 is 22.7 Å². The number of aryl methyl sites for hydroxylation is 1. The molecule has 4 heteroatoms. The van der Waals surface area contributed by atoms with Gasteiger partial charge in [0.2, 0.25) is 5.91 Å². The summed E-state index contributed by atoms with van der Waals surface area (Å²) in [5.74, 6) is -0.367. The maximum absolute atomic E-state index is 10.8. The number of carbonyl (C=O) groups is 1. The van der Waals surface area contributed by atoms with Gasteiger partial charge in [-0.05, 0) is 6.42 Å². The average molecular weight is 287 g/mol. The molecule has 1 rings (SSSR count). The molecule has 90 valence electrons. The highest BCUT2D eigenvalue weighted by Gasteiger charge is 2.03. The molecule has 0 fully saturated rings. The standard InChI is InChI=1S/C12H18N2O.BrH/c1-2-3-4-5-8-14-9-6-11(7-10-14)12(13)15;/h6-7,9-10H,2-5,8H2,1H3,(H-,13,15);1H. The smallest absolute Gasteiger partial charge is 0.249 e. The summed E-state index contributed by atoms with van der Waals surface area (Å²) in [5.41, 5.74) is 5.72. The third-order valence-corrected chi connectivity index (χ3v) is 2.45. The third kappa shape index (κ3) is 5.26. The second-order valence-corrected chi connectivity index (χ2v) is 3.75. The van der Waals surface area contributed by atoms with Crippen molar-refractivity contribution in [3.8, 4) is 0 Å². The van der Waals surface area contributed by atoms with Gasteiger partial charge in [0.05, 0.1) is 5.56 Å². The third-order valence-electron chi connectivity index (χ3n) is 2.45. The van der Waals surface area contributed by atoms with E-state index in [1.165, 1.54) is 25.7 Å². The predicted molar refractivity (Wildman–Crippen MR) is 59.3 cm³/mol. The molecule has 3 nitrogen and oxygen atoms in total. The number of pyridine rings is 1. The molecule has 0 aliphatic heterocycles. The summed E-state index contributed by atoms with van der Waals surface area (Å²) in [5, 5.41) is 0. The Balaban J connectivity index is 0.00000225. The molecule has 0 aromatic carbocycles. The van der Waals surface area contributed by atoms with Crippen molar-refractivity contribution >= 4 is 5.91 Å². The number of unbranched alkanes of at least 4 members (excludes halogenated alkanes) is 3. The molecular weight excluding hydrogens is 268 g/mol. The summed E-state index contributed by atoms with van der Waals surface area (Å²) in [4.78, 5) is 10.8. The molecule has 0 bridgehead atoms. The zero-order valence-electron chi connectivity index (χ0n) is 9.66. The Morgan fingerprint density at radius 3 is 2.38 bits per heavy atom. The van der Waals surface area contributed by atoms with Crippen LogP contribution in [0.15, 0.2) is 24.5 Å². The van der Waals surface area contributed by atoms with Crippen LogP contribution in [0.2, 0.25) is 0 Å². The van der Waals surface area contributed by atoms with Crippen LogP contribution in [0.4, 0.5) is 0 Å². The number of nitrogens with two attached hydrogens (primary N) is 1. The summed E-state index contributed by atoms with van der Waals surface area (Å²) in [7, 11) is 0. The largest absolute Gasteiger partial charge is 1.00 e. The first-order valence-corrected chi connectivity index (χ1v) is 5.53. The number of amides is 1. The van der Waals surface area contributed by atoms with Crippen molar-refractivity contribution in [2.45, 2.75) is 39.2 Å². The lowest BCUT2D eigenvalue weighted by Gasteiger charge is -1.97. The maximum atomic E-state index is 10.8. The van der Waals surface area contributed by atoms with Gasteiger partial charge in [0.15, 0.2) is 12.4 Å². The number of hydrogen-bond acceptors (Lipinski definition) is 1. The molecule has 0 aliphatic rings. The first kappa shape index (κ1) is 15.1. The summed E-state index contributed by atoms with van der Waals surface area (Å²) < 4.78 is 2.09. The van der Waals surface area contributed by atoms with Gasteiger partial charge in [-0.15, -0.1) is 0 Å². The fourth-order valence-electron chi connectivity index (χ4n) is 1.49. The van der Waals surface area contributed by atoms with Crippen LogP contribution in [0.1, 0.15) is 43.0 Å². The van der Waals surface area contributed by atoms with E-state index in [1.54, 1.807) is 12.1 Å². The predicted octanol–water partition coefficient (Wildman–Crippen LogP) is -1.34. The molecule has 0 unspecified atom stereocenters. The fraction of sp³-hybridized carbons (Fsp3) is 0.500. The highest BCUT2D eigenvalue weighted by atomic mass is 79.9. The normalized spacial score (nSPS) is 9.56. The van der Waals surface area contributed by atoms with Crippen molar-refractivity contribution in [3.05, 3.63) is 30.1 Å². The second-order valence-electron chi connectivity index (χ2n) is 3.75. The molecule has 16 heavy (non-hydrogen) atoms. The Labute approximate surface area is 107 Å². The lowest BCUT2D eigenvalue weighted by atomic mass is 10.2. The topological polar surface area (TPSA) is 47.0 Å². The summed E-state index contributed by atoms with van der Waals surface area (Å²) in [6.45, 7) is 3.22. The molecule has 0 spiro atoms. The molecule has 1 aromatic rings. The molecule has 1 amide bonds. The van der Waals surface area contributed by atoms with Gasteiger partial charge in [-0.3, -0.25) is 4.79 Å². The van der Waals surface area contributed by atoms with Gasteiger partial charge in [-0.25, -0.2) is 4.57 Å². The molecule has 0 aliphatic carbocycles. The number of hydrogen-bond donors (Lipinski definition) is 1. The lowest BCUT2D eigenvalue weighted by molar-refractivity contribution is -0.697. The molecule has 0 saturated heterocycles. The molecule has 0 saturated carbocycles. The van der Waals surface area contributed by atoms with E-state index in [4.69, 9.17) is 5.73 Å². The van der Waals surface area contributed by atoms with Gasteiger partial charge in [0.25, 0.3) is 0 Å². The molecule has 2 N–H and O–H groups in total. The van der Waals surface area contributed by atoms with Gasteiger partial charge in [-0.2, -0.15) is 0 Å². The Kier molecular flexibility index (Phi) is 7.81. The van der Waals surface area contributed by atoms with Crippen LogP contribution in [0.25, 0.3) is 0 Å². The minimum Gasteiger partial charge on any atom is -1.00 e. The number of nitrogens with zero attached hydrogens (tertiary/aromatic N) is 1. The van der Waals surface area contributed by atoms with E-state index >= 15 is 0 Å². The minimum atomic E-state index is -0.367. The van der Waals surface area contributed by atoms with E-state index in [0.717, 1.165) is 6.54 Å². The highest BCUT2D eigenvalue weighted by Crippen LogP contribution is 1.99. The molecular formula is C12H19BrN2O. The summed E-state index contributed by atoms with van der Waals surface area (Å²) in [6, 6.07) is 3.53. The molecule has 0 atom stereocenters. The van der Waals surface area contributed by atoms with Crippen LogP contribution >= 0.6 is 0 Å². The van der Waals surface area contributed by atoms with Gasteiger partial charge in [0.1, 0.15) is 6.54 Å². The van der Waals surface area contributed by atoms with E-state index in [-0.39, 0.29) is 22.9 Å². The number of halogens is 1. The van der Waals surface area contributed by atoms with Crippen LogP contribution in [0.3, 0.4) is 0 Å². The summed E-state index contributed by atoms with van der Waals surface area (Å²) in [6.07, 6.45) is 8.82. The minimum absolute atomic E-state index is 0. The Hall–Kier alpha value is -0.900. The van der Waals surface area contributed by atoms with Gasteiger partial charge in [-0.1, -0.05) is 19.8 Å². The van der Waals surface area contributed by atoms with Crippen molar-refractivity contribution in [1.29, 1.82) is 0 Å². The van der Waals surface area contributed by atoms with E-state index < -0.39 is 0 Å². The van der Waals surface area contributed by atoms with E-state index in [9.17, 15) is 4.79 Å².